The molecule has 0 saturated heterocycles. The van der Waals surface area contributed by atoms with Crippen LogP contribution in [0, 0.1) is 17.2 Å². The lowest BCUT2D eigenvalue weighted by Crippen LogP contribution is -2.41. The molecule has 0 amide bonds. The summed E-state index contributed by atoms with van der Waals surface area (Å²) in [5.41, 5.74) is 1.82. The van der Waals surface area contributed by atoms with Crippen LogP contribution >= 0.6 is 0 Å². The van der Waals surface area contributed by atoms with E-state index in [4.69, 9.17) is 5.26 Å². The fourth-order valence-corrected chi connectivity index (χ4v) is 1.97. The summed E-state index contributed by atoms with van der Waals surface area (Å²) in [5.74, 6) is 1.54. The van der Waals surface area contributed by atoms with E-state index >= 15 is 0 Å². The molecule has 1 aromatic rings. The molecule has 0 bridgehead atoms. The second-order valence-corrected chi connectivity index (χ2v) is 5.75. The maximum absolute atomic E-state index is 8.78. The Bertz CT molecular complexity index is 483. The van der Waals surface area contributed by atoms with Crippen molar-refractivity contribution >= 4 is 5.96 Å². The van der Waals surface area contributed by atoms with Gasteiger partial charge in [0.15, 0.2) is 5.96 Å². The van der Waals surface area contributed by atoms with Crippen LogP contribution in [0.4, 0.5) is 0 Å². The first-order valence-electron chi connectivity index (χ1n) is 7.51. The molecule has 0 aliphatic carbocycles. The van der Waals surface area contributed by atoms with Crippen molar-refractivity contribution < 1.29 is 0 Å². The quantitative estimate of drug-likeness (QED) is 0.624. The minimum atomic E-state index is 0.402. The number of hydrogen-bond donors (Lipinski definition) is 2. The number of benzene rings is 1. The Kier molecular flexibility index (Phi) is 7.31. The van der Waals surface area contributed by atoms with E-state index in [9.17, 15) is 0 Å². The van der Waals surface area contributed by atoms with Crippen LogP contribution in [0.2, 0.25) is 0 Å². The summed E-state index contributed by atoms with van der Waals surface area (Å²) in [6.45, 7) is 7.36. The van der Waals surface area contributed by atoms with E-state index in [0.717, 1.165) is 23.9 Å². The molecule has 0 radical (unpaired) electrons. The van der Waals surface area contributed by atoms with Gasteiger partial charge < -0.3 is 10.6 Å². The van der Waals surface area contributed by atoms with Crippen LogP contribution < -0.4 is 10.6 Å². The second kappa shape index (κ2) is 9.02. The molecule has 21 heavy (non-hydrogen) atoms. The van der Waals surface area contributed by atoms with Crippen molar-refractivity contribution in [3.8, 4) is 6.07 Å². The van der Waals surface area contributed by atoms with Crippen LogP contribution in [0.5, 0.6) is 0 Å². The summed E-state index contributed by atoms with van der Waals surface area (Å²) in [4.78, 5) is 4.25. The van der Waals surface area contributed by atoms with E-state index in [1.54, 1.807) is 7.05 Å². The van der Waals surface area contributed by atoms with Crippen LogP contribution in [0.3, 0.4) is 0 Å². The Balaban J connectivity index is 2.42. The highest BCUT2D eigenvalue weighted by molar-refractivity contribution is 5.79. The summed E-state index contributed by atoms with van der Waals surface area (Å²) in [6.07, 6.45) is 2.34. The predicted octanol–water partition coefficient (Wildman–Crippen LogP) is 3.05. The lowest BCUT2D eigenvalue weighted by molar-refractivity contribution is 0.489. The number of rotatable bonds is 6. The van der Waals surface area contributed by atoms with E-state index < -0.39 is 0 Å². The second-order valence-electron chi connectivity index (χ2n) is 5.75. The molecule has 4 heteroatoms. The molecule has 2 N–H and O–H groups in total. The first kappa shape index (κ1) is 17.0. The molecule has 1 unspecified atom stereocenters. The number of nitrogens with one attached hydrogen (secondary N) is 2. The van der Waals surface area contributed by atoms with E-state index in [0.29, 0.717) is 18.2 Å². The van der Waals surface area contributed by atoms with Crippen LogP contribution in [0.25, 0.3) is 0 Å². The largest absolute Gasteiger partial charge is 0.354 e. The van der Waals surface area contributed by atoms with Crippen molar-refractivity contribution in [2.75, 3.05) is 7.05 Å². The van der Waals surface area contributed by atoms with E-state index in [1.807, 2.05) is 24.3 Å². The Morgan fingerprint density at radius 2 is 1.86 bits per heavy atom. The fraction of sp³-hybridized carbons (Fsp3) is 0.529. The monoisotopic (exact) mass is 286 g/mol. The molecule has 114 valence electrons. The van der Waals surface area contributed by atoms with Gasteiger partial charge in [-0.1, -0.05) is 26.0 Å². The summed E-state index contributed by atoms with van der Waals surface area (Å²) < 4.78 is 0. The number of hydrogen-bond acceptors (Lipinski definition) is 2. The minimum Gasteiger partial charge on any atom is -0.354 e. The Morgan fingerprint density at radius 3 is 2.38 bits per heavy atom. The van der Waals surface area contributed by atoms with Crippen LogP contribution in [0.15, 0.2) is 29.3 Å². The average Bonchev–Trinajstić information content (AvgIpc) is 2.49. The minimum absolute atomic E-state index is 0.402. The predicted molar refractivity (Wildman–Crippen MR) is 88.0 cm³/mol. The van der Waals surface area contributed by atoms with Gasteiger partial charge in [0.25, 0.3) is 0 Å². The number of nitrogens with zero attached hydrogens (tertiary/aromatic N) is 2. The molecule has 1 atom stereocenters. The molecule has 0 aliphatic rings. The van der Waals surface area contributed by atoms with Gasteiger partial charge in [0, 0.05) is 19.6 Å². The lowest BCUT2D eigenvalue weighted by Gasteiger charge is -2.18. The van der Waals surface area contributed by atoms with Crippen molar-refractivity contribution in [3.63, 3.8) is 0 Å². The highest BCUT2D eigenvalue weighted by atomic mass is 15.2. The zero-order valence-electron chi connectivity index (χ0n) is 13.5. The van der Waals surface area contributed by atoms with E-state index in [-0.39, 0.29) is 0 Å². The molecule has 0 heterocycles. The third-order valence-electron chi connectivity index (χ3n) is 3.33. The van der Waals surface area contributed by atoms with E-state index in [1.165, 1.54) is 6.42 Å². The topological polar surface area (TPSA) is 60.2 Å². The molecule has 0 aliphatic heterocycles. The van der Waals surface area contributed by atoms with Crippen LogP contribution in [-0.4, -0.2) is 19.0 Å². The third-order valence-corrected chi connectivity index (χ3v) is 3.33. The highest BCUT2D eigenvalue weighted by Gasteiger charge is 2.06. The molecule has 1 rings (SSSR count). The fourth-order valence-electron chi connectivity index (χ4n) is 1.97. The van der Waals surface area contributed by atoms with Gasteiger partial charge in [-0.05, 0) is 43.4 Å². The van der Waals surface area contributed by atoms with Gasteiger partial charge in [-0.15, -0.1) is 0 Å². The molecule has 4 nitrogen and oxygen atoms in total. The molecule has 0 aromatic heterocycles. The number of guanidine groups is 1. The Morgan fingerprint density at radius 1 is 1.19 bits per heavy atom. The first-order valence-corrected chi connectivity index (χ1v) is 7.51. The molecule has 0 saturated carbocycles. The van der Waals surface area contributed by atoms with Crippen molar-refractivity contribution in [1.82, 2.24) is 10.6 Å². The maximum Gasteiger partial charge on any atom is 0.191 e. The maximum atomic E-state index is 8.78. The van der Waals surface area contributed by atoms with Crippen LogP contribution in [0.1, 0.15) is 44.7 Å². The standard InChI is InChI=1S/C17H26N4/c1-13(2)5-6-14(3)21-17(19-4)20-12-16-9-7-15(11-18)8-10-16/h7-10,13-14H,5-6,12H2,1-4H3,(H2,19,20,21). The zero-order valence-corrected chi connectivity index (χ0v) is 13.5. The third kappa shape index (κ3) is 6.80. The van der Waals surface area contributed by atoms with Crippen molar-refractivity contribution in [1.29, 1.82) is 5.26 Å². The smallest absolute Gasteiger partial charge is 0.191 e. The van der Waals surface area contributed by atoms with Gasteiger partial charge >= 0.3 is 0 Å². The van der Waals surface area contributed by atoms with Gasteiger partial charge in [0.2, 0.25) is 0 Å². The Hall–Kier alpha value is -2.02. The van der Waals surface area contributed by atoms with E-state index in [2.05, 4.69) is 42.5 Å². The van der Waals surface area contributed by atoms with Crippen molar-refractivity contribution in [2.24, 2.45) is 10.9 Å². The van der Waals surface area contributed by atoms with Gasteiger partial charge in [-0.2, -0.15) is 5.26 Å². The van der Waals surface area contributed by atoms with Gasteiger partial charge in [-0.25, -0.2) is 0 Å². The van der Waals surface area contributed by atoms with Crippen molar-refractivity contribution in [2.45, 2.75) is 46.2 Å². The normalized spacial score (nSPS) is 12.9. The molecular formula is C17H26N4. The molecule has 0 fully saturated rings. The molecular weight excluding hydrogens is 260 g/mol. The average molecular weight is 286 g/mol. The summed E-state index contributed by atoms with van der Waals surface area (Å²) in [7, 11) is 1.78. The van der Waals surface area contributed by atoms with Gasteiger partial charge in [-0.3, -0.25) is 4.99 Å². The first-order chi connectivity index (χ1) is 10.0. The Labute approximate surface area is 128 Å². The summed E-state index contributed by atoms with van der Waals surface area (Å²) >= 11 is 0. The summed E-state index contributed by atoms with van der Waals surface area (Å²) in [5, 5.41) is 15.5. The van der Waals surface area contributed by atoms with Gasteiger partial charge in [0.1, 0.15) is 0 Å². The zero-order chi connectivity index (χ0) is 15.7. The lowest BCUT2D eigenvalue weighted by atomic mass is 10.0. The number of nitriles is 1. The highest BCUT2D eigenvalue weighted by Crippen LogP contribution is 2.06. The SMILES string of the molecule is CN=C(NCc1ccc(C#N)cc1)NC(C)CCC(C)C. The summed E-state index contributed by atoms with van der Waals surface area (Å²) in [6, 6.07) is 10.1. The van der Waals surface area contributed by atoms with Crippen molar-refractivity contribution in [3.05, 3.63) is 35.4 Å². The molecule has 0 spiro atoms. The van der Waals surface area contributed by atoms with Gasteiger partial charge in [0.05, 0.1) is 11.6 Å². The van der Waals surface area contributed by atoms with Crippen LogP contribution in [-0.2, 0) is 6.54 Å². The number of aliphatic imine (C=N–C) groups is 1. The molecule has 1 aromatic carbocycles.